The third-order valence-corrected chi connectivity index (χ3v) is 3.64. The third kappa shape index (κ3) is 3.76. The van der Waals surface area contributed by atoms with Gasteiger partial charge in [-0.05, 0) is 35.9 Å². The number of hydrogen-bond donors (Lipinski definition) is 1. The Bertz CT molecular complexity index is 830. The highest BCUT2D eigenvalue weighted by atomic mass is 35.5. The van der Waals surface area contributed by atoms with Gasteiger partial charge >= 0.3 is 0 Å². The third-order valence-electron chi connectivity index (χ3n) is 3.28. The van der Waals surface area contributed by atoms with Crippen molar-refractivity contribution in [1.29, 1.82) is 0 Å². The summed E-state index contributed by atoms with van der Waals surface area (Å²) in [5.74, 6) is -0.557. The molecule has 2 aromatic carbocycles. The standard InChI is InChI=1S/C17H13ClFN3O/c18-16-4-2-1-3-12(16)9-17(23)21-14-5-7-15(8-6-14)22-11-13(19)10-20-22/h1-8,10-11H,9H2,(H,21,23). The van der Waals surface area contributed by atoms with Crippen molar-refractivity contribution in [2.75, 3.05) is 5.32 Å². The van der Waals surface area contributed by atoms with Crippen LogP contribution in [0.15, 0.2) is 60.9 Å². The highest BCUT2D eigenvalue weighted by Crippen LogP contribution is 2.17. The molecule has 116 valence electrons. The number of hydrogen-bond acceptors (Lipinski definition) is 2. The number of carbonyl (C=O) groups excluding carboxylic acids is 1. The van der Waals surface area contributed by atoms with E-state index in [-0.39, 0.29) is 12.3 Å². The molecule has 6 heteroatoms. The Morgan fingerprint density at radius 1 is 1.17 bits per heavy atom. The molecule has 1 amide bonds. The first kappa shape index (κ1) is 15.2. The quantitative estimate of drug-likeness (QED) is 0.790. The van der Waals surface area contributed by atoms with Crippen molar-refractivity contribution in [2.45, 2.75) is 6.42 Å². The number of aromatic nitrogens is 2. The minimum absolute atomic E-state index is 0.156. The molecule has 0 fully saturated rings. The van der Waals surface area contributed by atoms with Crippen molar-refractivity contribution < 1.29 is 9.18 Å². The van der Waals surface area contributed by atoms with E-state index in [1.54, 1.807) is 30.3 Å². The van der Waals surface area contributed by atoms with Crippen molar-refractivity contribution in [2.24, 2.45) is 0 Å². The second-order valence-corrected chi connectivity index (χ2v) is 5.37. The summed E-state index contributed by atoms with van der Waals surface area (Å²) in [5.41, 5.74) is 2.13. The van der Waals surface area contributed by atoms with Crippen molar-refractivity contribution in [3.63, 3.8) is 0 Å². The van der Waals surface area contributed by atoms with Crippen LogP contribution in [-0.2, 0) is 11.2 Å². The van der Waals surface area contributed by atoms with Crippen LogP contribution in [0.3, 0.4) is 0 Å². The molecule has 3 aromatic rings. The molecular weight excluding hydrogens is 317 g/mol. The lowest BCUT2D eigenvalue weighted by atomic mass is 10.1. The number of carbonyl (C=O) groups is 1. The average molecular weight is 330 g/mol. The van der Waals surface area contributed by atoms with Gasteiger partial charge in [-0.3, -0.25) is 4.79 Å². The zero-order valence-electron chi connectivity index (χ0n) is 12.0. The summed E-state index contributed by atoms with van der Waals surface area (Å²) in [5, 5.41) is 7.25. The van der Waals surface area contributed by atoms with Crippen LogP contribution < -0.4 is 5.32 Å². The van der Waals surface area contributed by atoms with E-state index in [2.05, 4.69) is 10.4 Å². The molecule has 0 saturated carbocycles. The first-order valence-electron chi connectivity index (χ1n) is 6.96. The molecule has 0 aliphatic heterocycles. The van der Waals surface area contributed by atoms with Gasteiger partial charge < -0.3 is 5.32 Å². The van der Waals surface area contributed by atoms with E-state index in [1.807, 2.05) is 18.2 Å². The van der Waals surface area contributed by atoms with Gasteiger partial charge in [0.2, 0.25) is 5.91 Å². The molecule has 0 bridgehead atoms. The highest BCUT2D eigenvalue weighted by molar-refractivity contribution is 6.31. The number of nitrogens with one attached hydrogen (secondary N) is 1. The van der Waals surface area contributed by atoms with Gasteiger partial charge in [0.25, 0.3) is 0 Å². The van der Waals surface area contributed by atoms with Gasteiger partial charge in [0.15, 0.2) is 5.82 Å². The van der Waals surface area contributed by atoms with Crippen LogP contribution in [-0.4, -0.2) is 15.7 Å². The van der Waals surface area contributed by atoms with Gasteiger partial charge in [-0.15, -0.1) is 0 Å². The normalized spacial score (nSPS) is 10.5. The minimum Gasteiger partial charge on any atom is -0.326 e. The van der Waals surface area contributed by atoms with Crippen molar-refractivity contribution in [3.05, 3.63) is 77.3 Å². The van der Waals surface area contributed by atoms with E-state index in [4.69, 9.17) is 11.6 Å². The number of rotatable bonds is 4. The van der Waals surface area contributed by atoms with Crippen molar-refractivity contribution in [3.8, 4) is 5.69 Å². The molecule has 0 unspecified atom stereocenters. The molecule has 23 heavy (non-hydrogen) atoms. The maximum atomic E-state index is 13.0. The SMILES string of the molecule is O=C(Cc1ccccc1Cl)Nc1ccc(-n2cc(F)cn2)cc1. The Kier molecular flexibility index (Phi) is 4.39. The highest BCUT2D eigenvalue weighted by Gasteiger charge is 2.07. The second-order valence-electron chi connectivity index (χ2n) is 4.97. The minimum atomic E-state index is -0.401. The van der Waals surface area contributed by atoms with Crippen molar-refractivity contribution in [1.82, 2.24) is 9.78 Å². The lowest BCUT2D eigenvalue weighted by Crippen LogP contribution is -2.14. The average Bonchev–Trinajstić information content (AvgIpc) is 2.97. The van der Waals surface area contributed by atoms with Crippen LogP contribution in [0.5, 0.6) is 0 Å². The molecule has 3 rings (SSSR count). The largest absolute Gasteiger partial charge is 0.326 e. The van der Waals surface area contributed by atoms with Gasteiger partial charge in [-0.2, -0.15) is 5.10 Å². The lowest BCUT2D eigenvalue weighted by Gasteiger charge is -2.07. The molecule has 0 aliphatic carbocycles. The van der Waals surface area contributed by atoms with Crippen LogP contribution in [0.2, 0.25) is 5.02 Å². The summed E-state index contributed by atoms with van der Waals surface area (Å²) < 4.78 is 14.4. The topological polar surface area (TPSA) is 46.9 Å². The molecule has 0 spiro atoms. The zero-order chi connectivity index (χ0) is 16.2. The number of anilines is 1. The van der Waals surface area contributed by atoms with E-state index in [0.29, 0.717) is 16.4 Å². The maximum Gasteiger partial charge on any atom is 0.228 e. The molecule has 0 saturated heterocycles. The van der Waals surface area contributed by atoms with Crippen LogP contribution in [0.1, 0.15) is 5.56 Å². The monoisotopic (exact) mass is 329 g/mol. The number of nitrogens with zero attached hydrogens (tertiary/aromatic N) is 2. The lowest BCUT2D eigenvalue weighted by molar-refractivity contribution is -0.115. The first-order valence-corrected chi connectivity index (χ1v) is 7.33. The van der Waals surface area contributed by atoms with Gasteiger partial charge in [-0.1, -0.05) is 29.8 Å². The summed E-state index contributed by atoms with van der Waals surface area (Å²) >= 11 is 6.04. The first-order chi connectivity index (χ1) is 11.1. The van der Waals surface area contributed by atoms with Crippen LogP contribution in [0.25, 0.3) is 5.69 Å². The summed E-state index contributed by atoms with van der Waals surface area (Å²) in [6, 6.07) is 14.2. The molecule has 1 aromatic heterocycles. The smallest absolute Gasteiger partial charge is 0.228 e. The number of halogens is 2. The fourth-order valence-electron chi connectivity index (χ4n) is 2.16. The van der Waals surface area contributed by atoms with E-state index in [1.165, 1.54) is 10.9 Å². The molecule has 0 atom stereocenters. The van der Waals surface area contributed by atoms with Gasteiger partial charge in [0.05, 0.1) is 24.5 Å². The number of amides is 1. The van der Waals surface area contributed by atoms with Gasteiger partial charge in [0.1, 0.15) is 0 Å². The molecule has 0 aliphatic rings. The summed E-state index contributed by atoms with van der Waals surface area (Å²) in [7, 11) is 0. The Morgan fingerprint density at radius 2 is 1.91 bits per heavy atom. The summed E-state index contributed by atoms with van der Waals surface area (Å²) in [4.78, 5) is 12.1. The summed E-state index contributed by atoms with van der Waals surface area (Å²) in [6.45, 7) is 0. The van der Waals surface area contributed by atoms with E-state index < -0.39 is 5.82 Å². The van der Waals surface area contributed by atoms with Gasteiger partial charge in [0, 0.05) is 10.7 Å². The zero-order valence-corrected chi connectivity index (χ0v) is 12.8. The summed E-state index contributed by atoms with van der Waals surface area (Å²) in [6.07, 6.45) is 2.62. The van der Waals surface area contributed by atoms with E-state index in [9.17, 15) is 9.18 Å². The molecule has 0 radical (unpaired) electrons. The van der Waals surface area contributed by atoms with E-state index >= 15 is 0 Å². The van der Waals surface area contributed by atoms with Crippen molar-refractivity contribution >= 4 is 23.2 Å². The molecule has 4 nitrogen and oxygen atoms in total. The Morgan fingerprint density at radius 3 is 2.57 bits per heavy atom. The molecular formula is C17H13ClFN3O. The fraction of sp³-hybridized carbons (Fsp3) is 0.0588. The maximum absolute atomic E-state index is 13.0. The van der Waals surface area contributed by atoms with Crippen LogP contribution in [0, 0.1) is 5.82 Å². The second kappa shape index (κ2) is 6.62. The number of benzene rings is 2. The van der Waals surface area contributed by atoms with Gasteiger partial charge in [-0.25, -0.2) is 9.07 Å². The molecule has 1 heterocycles. The molecule has 1 N–H and O–H groups in total. The predicted octanol–water partition coefficient (Wildman–Crippen LogP) is 3.85. The Hall–Kier alpha value is -2.66. The van der Waals surface area contributed by atoms with E-state index in [0.717, 1.165) is 11.8 Å². The van der Waals surface area contributed by atoms with Crippen LogP contribution in [0.4, 0.5) is 10.1 Å². The van der Waals surface area contributed by atoms with Crippen LogP contribution >= 0.6 is 11.6 Å². The Labute approximate surface area is 137 Å². The fourth-order valence-corrected chi connectivity index (χ4v) is 2.36. The predicted molar refractivity (Wildman–Crippen MR) is 87.3 cm³/mol. The Balaban J connectivity index is 1.66.